The molecule has 0 spiro atoms. The van der Waals surface area contributed by atoms with Gasteiger partial charge < -0.3 is 15.7 Å². The van der Waals surface area contributed by atoms with E-state index in [0.29, 0.717) is 18.5 Å². The Morgan fingerprint density at radius 3 is 2.61 bits per heavy atom. The normalized spacial score (nSPS) is 53.0. The standard InChI is InChI=1S/C15H28N2O/c1-11-8-15(18,5-6-17(11)2)14(10-16)9-12-3-4-13(14)7-12/h11-13,18H,3-10,16H2,1-2H3. The summed E-state index contributed by atoms with van der Waals surface area (Å²) in [5.74, 6) is 1.53. The Balaban J connectivity index is 1.87. The van der Waals surface area contributed by atoms with Gasteiger partial charge in [-0.15, -0.1) is 0 Å². The van der Waals surface area contributed by atoms with E-state index >= 15 is 0 Å². The molecule has 1 aliphatic heterocycles. The van der Waals surface area contributed by atoms with Crippen LogP contribution in [0.15, 0.2) is 0 Å². The van der Waals surface area contributed by atoms with Gasteiger partial charge in [-0.3, -0.25) is 0 Å². The average Bonchev–Trinajstić information content (AvgIpc) is 2.95. The van der Waals surface area contributed by atoms with Crippen LogP contribution < -0.4 is 5.73 Å². The number of likely N-dealkylation sites (tertiary alicyclic amines) is 1. The van der Waals surface area contributed by atoms with Crippen molar-refractivity contribution >= 4 is 0 Å². The van der Waals surface area contributed by atoms with Gasteiger partial charge >= 0.3 is 0 Å². The van der Waals surface area contributed by atoms with E-state index in [9.17, 15) is 5.11 Å². The SMILES string of the molecule is CC1CC(O)(C2(CN)CC3CCC2C3)CCN1C. The average molecular weight is 252 g/mol. The highest BCUT2D eigenvalue weighted by atomic mass is 16.3. The molecule has 1 saturated heterocycles. The third kappa shape index (κ3) is 1.60. The minimum atomic E-state index is -0.506. The van der Waals surface area contributed by atoms with Gasteiger partial charge in [0.25, 0.3) is 0 Å². The van der Waals surface area contributed by atoms with Crippen LogP contribution in [0, 0.1) is 17.3 Å². The van der Waals surface area contributed by atoms with Crippen molar-refractivity contribution in [3.8, 4) is 0 Å². The molecule has 3 heteroatoms. The van der Waals surface area contributed by atoms with E-state index in [1.807, 2.05) is 0 Å². The molecule has 3 aliphatic rings. The Bertz CT molecular complexity index is 334. The Kier molecular flexibility index (Phi) is 3.00. The molecule has 3 rings (SSSR count). The maximum atomic E-state index is 11.3. The van der Waals surface area contributed by atoms with Crippen molar-refractivity contribution in [2.24, 2.45) is 23.0 Å². The summed E-state index contributed by atoms with van der Waals surface area (Å²) in [4.78, 5) is 2.37. The molecule has 5 unspecified atom stereocenters. The largest absolute Gasteiger partial charge is 0.389 e. The molecule has 0 aromatic carbocycles. The van der Waals surface area contributed by atoms with Crippen molar-refractivity contribution < 1.29 is 5.11 Å². The zero-order valence-corrected chi connectivity index (χ0v) is 11.9. The van der Waals surface area contributed by atoms with E-state index in [1.165, 1.54) is 25.7 Å². The van der Waals surface area contributed by atoms with Crippen LogP contribution in [0.2, 0.25) is 0 Å². The van der Waals surface area contributed by atoms with Crippen LogP contribution in [0.3, 0.4) is 0 Å². The third-order valence-electron chi connectivity index (χ3n) is 6.53. The first-order chi connectivity index (χ1) is 8.51. The van der Waals surface area contributed by atoms with Crippen molar-refractivity contribution in [1.29, 1.82) is 0 Å². The second-order valence-electron chi connectivity index (χ2n) is 7.26. The Morgan fingerprint density at radius 2 is 2.11 bits per heavy atom. The van der Waals surface area contributed by atoms with Crippen LogP contribution in [0.5, 0.6) is 0 Å². The van der Waals surface area contributed by atoms with Crippen LogP contribution in [-0.4, -0.2) is 41.8 Å². The molecular formula is C15H28N2O. The smallest absolute Gasteiger partial charge is 0.0745 e. The fraction of sp³-hybridized carbons (Fsp3) is 1.00. The fourth-order valence-electron chi connectivity index (χ4n) is 5.23. The lowest BCUT2D eigenvalue weighted by Gasteiger charge is -2.54. The van der Waals surface area contributed by atoms with Crippen molar-refractivity contribution in [3.63, 3.8) is 0 Å². The van der Waals surface area contributed by atoms with Gasteiger partial charge in [0.2, 0.25) is 0 Å². The van der Waals surface area contributed by atoms with E-state index in [0.717, 1.165) is 25.3 Å². The van der Waals surface area contributed by atoms with Crippen LogP contribution in [-0.2, 0) is 0 Å². The number of hydrogen-bond donors (Lipinski definition) is 2. The monoisotopic (exact) mass is 252 g/mol. The highest BCUT2D eigenvalue weighted by molar-refractivity contribution is 5.12. The van der Waals surface area contributed by atoms with Gasteiger partial charge in [-0.25, -0.2) is 0 Å². The van der Waals surface area contributed by atoms with Crippen molar-refractivity contribution in [1.82, 2.24) is 4.90 Å². The highest BCUT2D eigenvalue weighted by Gasteiger charge is 2.61. The summed E-state index contributed by atoms with van der Waals surface area (Å²) >= 11 is 0. The zero-order valence-electron chi connectivity index (χ0n) is 11.9. The predicted molar refractivity (Wildman–Crippen MR) is 73.2 cm³/mol. The maximum Gasteiger partial charge on any atom is 0.0745 e. The lowest BCUT2D eigenvalue weighted by atomic mass is 9.58. The topological polar surface area (TPSA) is 49.5 Å². The summed E-state index contributed by atoms with van der Waals surface area (Å²) in [5.41, 5.74) is 5.70. The van der Waals surface area contributed by atoms with E-state index < -0.39 is 5.60 Å². The summed E-state index contributed by atoms with van der Waals surface area (Å²) in [6.45, 7) is 3.93. The summed E-state index contributed by atoms with van der Waals surface area (Å²) in [6.07, 6.45) is 7.00. The Hall–Kier alpha value is -0.120. The Labute approximate surface area is 111 Å². The van der Waals surface area contributed by atoms with E-state index in [1.54, 1.807) is 0 Å². The molecule has 2 saturated carbocycles. The third-order valence-corrected chi connectivity index (χ3v) is 6.53. The first-order valence-corrected chi connectivity index (χ1v) is 7.63. The molecule has 0 amide bonds. The number of hydrogen-bond acceptors (Lipinski definition) is 3. The predicted octanol–water partition coefficient (Wildman–Crippen LogP) is 1.60. The van der Waals surface area contributed by atoms with Crippen LogP contribution >= 0.6 is 0 Å². The molecule has 3 nitrogen and oxygen atoms in total. The molecule has 2 bridgehead atoms. The molecule has 104 valence electrons. The van der Waals surface area contributed by atoms with Gasteiger partial charge in [0.1, 0.15) is 0 Å². The van der Waals surface area contributed by atoms with Gasteiger partial charge in [0.15, 0.2) is 0 Å². The molecule has 2 aliphatic carbocycles. The second kappa shape index (κ2) is 4.19. The molecule has 3 fully saturated rings. The molecular weight excluding hydrogens is 224 g/mol. The van der Waals surface area contributed by atoms with E-state index in [2.05, 4.69) is 18.9 Å². The van der Waals surface area contributed by atoms with Gasteiger partial charge in [-0.1, -0.05) is 6.42 Å². The van der Waals surface area contributed by atoms with Gasteiger partial charge in [-0.05, 0) is 57.9 Å². The number of rotatable bonds is 2. The quantitative estimate of drug-likeness (QED) is 0.785. The summed E-state index contributed by atoms with van der Waals surface area (Å²) < 4.78 is 0. The van der Waals surface area contributed by atoms with Crippen LogP contribution in [0.25, 0.3) is 0 Å². The minimum Gasteiger partial charge on any atom is -0.389 e. The fourth-order valence-corrected chi connectivity index (χ4v) is 5.23. The molecule has 3 N–H and O–H groups in total. The first-order valence-electron chi connectivity index (χ1n) is 7.63. The number of aliphatic hydroxyl groups is 1. The van der Waals surface area contributed by atoms with Crippen LogP contribution in [0.4, 0.5) is 0 Å². The minimum absolute atomic E-state index is 0.0332. The van der Waals surface area contributed by atoms with Gasteiger partial charge in [-0.2, -0.15) is 0 Å². The summed E-state index contributed by atoms with van der Waals surface area (Å²) in [7, 11) is 2.17. The number of fused-ring (bicyclic) bond motifs is 2. The lowest BCUT2D eigenvalue weighted by Crippen LogP contribution is -2.61. The Morgan fingerprint density at radius 1 is 1.33 bits per heavy atom. The lowest BCUT2D eigenvalue weighted by molar-refractivity contribution is -0.149. The molecule has 0 radical (unpaired) electrons. The zero-order chi connectivity index (χ0) is 13.0. The van der Waals surface area contributed by atoms with E-state index in [4.69, 9.17) is 5.73 Å². The van der Waals surface area contributed by atoms with Gasteiger partial charge in [0, 0.05) is 24.5 Å². The number of nitrogens with two attached hydrogens (primary N) is 1. The van der Waals surface area contributed by atoms with E-state index in [-0.39, 0.29) is 5.41 Å². The summed E-state index contributed by atoms with van der Waals surface area (Å²) in [5, 5.41) is 11.3. The summed E-state index contributed by atoms with van der Waals surface area (Å²) in [6, 6.07) is 0.478. The van der Waals surface area contributed by atoms with Crippen molar-refractivity contribution in [2.45, 2.75) is 57.1 Å². The van der Waals surface area contributed by atoms with Gasteiger partial charge in [0.05, 0.1) is 5.60 Å². The maximum absolute atomic E-state index is 11.3. The van der Waals surface area contributed by atoms with Crippen molar-refractivity contribution in [3.05, 3.63) is 0 Å². The molecule has 18 heavy (non-hydrogen) atoms. The molecule has 1 heterocycles. The highest BCUT2D eigenvalue weighted by Crippen LogP contribution is 2.62. The first kappa shape index (κ1) is 12.9. The van der Waals surface area contributed by atoms with Crippen molar-refractivity contribution in [2.75, 3.05) is 20.1 Å². The number of piperidine rings is 1. The molecule has 0 aromatic rings. The molecule has 0 aromatic heterocycles. The second-order valence-corrected chi connectivity index (χ2v) is 7.26. The van der Waals surface area contributed by atoms with Crippen LogP contribution in [0.1, 0.15) is 45.4 Å². The molecule has 5 atom stereocenters. The number of nitrogens with zero attached hydrogens (tertiary/aromatic N) is 1.